The van der Waals surface area contributed by atoms with E-state index in [0.717, 1.165) is 48.3 Å². The highest BCUT2D eigenvalue weighted by molar-refractivity contribution is 5.48. The van der Waals surface area contributed by atoms with Crippen molar-refractivity contribution in [3.8, 4) is 5.75 Å². The Kier molecular flexibility index (Phi) is 17.0. The number of methoxy groups -OCH3 is 2. The first-order valence-corrected chi connectivity index (χ1v) is 15.5. The van der Waals surface area contributed by atoms with Crippen LogP contribution in [0, 0.1) is 0 Å². The molecule has 0 aliphatic carbocycles. The fraction of sp³-hybridized carbons (Fsp3) is 0.500. The molecule has 0 saturated heterocycles. The second kappa shape index (κ2) is 21.0. The topological polar surface area (TPSA) is 75.6 Å². The third kappa shape index (κ3) is 12.0. The minimum absolute atomic E-state index is 0.122. The van der Waals surface area contributed by atoms with Crippen molar-refractivity contribution < 1.29 is 33.5 Å². The molecule has 1 unspecified atom stereocenters. The van der Waals surface area contributed by atoms with Crippen molar-refractivity contribution in [1.29, 1.82) is 0 Å². The Labute approximate surface area is 258 Å². The Morgan fingerprint density at radius 3 is 1.58 bits per heavy atom. The van der Waals surface area contributed by atoms with Crippen LogP contribution in [0.25, 0.3) is 0 Å². The number of hydrogen-bond acceptors (Lipinski definition) is 7. The molecule has 7 heteroatoms. The van der Waals surface area contributed by atoms with E-state index in [1.165, 1.54) is 19.3 Å². The number of aliphatic hydroxyl groups is 1. The lowest BCUT2D eigenvalue weighted by Crippen LogP contribution is -2.36. The first-order valence-electron chi connectivity index (χ1n) is 15.5. The van der Waals surface area contributed by atoms with Gasteiger partial charge < -0.3 is 33.5 Å². The minimum atomic E-state index is -0.904. The Morgan fingerprint density at radius 1 is 0.535 bits per heavy atom. The molecule has 3 rings (SSSR count). The van der Waals surface area contributed by atoms with E-state index in [1.54, 1.807) is 14.2 Å². The second-order valence-corrected chi connectivity index (χ2v) is 10.5. The van der Waals surface area contributed by atoms with Gasteiger partial charge in [0.2, 0.25) is 0 Å². The van der Waals surface area contributed by atoms with E-state index < -0.39 is 11.7 Å². The van der Waals surface area contributed by atoms with Crippen LogP contribution in [0.2, 0.25) is 0 Å². The van der Waals surface area contributed by atoms with Gasteiger partial charge in [-0.3, -0.25) is 0 Å². The van der Waals surface area contributed by atoms with Crippen LogP contribution < -0.4 is 4.74 Å². The monoisotopic (exact) mass is 594 g/mol. The zero-order valence-corrected chi connectivity index (χ0v) is 26.0. The summed E-state index contributed by atoms with van der Waals surface area (Å²) in [5.41, 5.74) is 2.02. The third-order valence-corrected chi connectivity index (χ3v) is 7.29. The van der Waals surface area contributed by atoms with Gasteiger partial charge in [0, 0.05) is 20.3 Å². The lowest BCUT2D eigenvalue weighted by atomic mass is 9.80. The summed E-state index contributed by atoms with van der Waals surface area (Å²) in [7, 11) is 3.33. The lowest BCUT2D eigenvalue weighted by Gasteiger charge is -2.36. The van der Waals surface area contributed by atoms with E-state index in [9.17, 15) is 5.11 Å². The Hall–Kier alpha value is -2.78. The number of unbranched alkanes of at least 4 members (excludes halogenated alkanes) is 5. The summed E-state index contributed by atoms with van der Waals surface area (Å²) in [6.07, 6.45) is 5.95. The molecule has 1 atom stereocenters. The van der Waals surface area contributed by atoms with Crippen molar-refractivity contribution in [2.45, 2.75) is 50.2 Å². The smallest absolute Gasteiger partial charge is 0.143 e. The molecule has 0 amide bonds. The Morgan fingerprint density at radius 2 is 1.02 bits per heavy atom. The largest absolute Gasteiger partial charge is 0.497 e. The minimum Gasteiger partial charge on any atom is -0.497 e. The van der Waals surface area contributed by atoms with Crippen molar-refractivity contribution in [1.82, 2.24) is 0 Å². The van der Waals surface area contributed by atoms with Crippen LogP contribution in [-0.4, -0.2) is 78.3 Å². The average molecular weight is 595 g/mol. The van der Waals surface area contributed by atoms with Crippen LogP contribution in [0.15, 0.2) is 84.9 Å². The lowest BCUT2D eigenvalue weighted by molar-refractivity contribution is -0.0641. The number of hydrogen-bond donors (Lipinski definition) is 1. The Bertz CT molecular complexity index is 1040. The van der Waals surface area contributed by atoms with Crippen molar-refractivity contribution in [2.75, 3.05) is 67.1 Å². The number of aliphatic hydroxyl groups excluding tert-OH is 1. The third-order valence-electron chi connectivity index (χ3n) is 7.29. The zero-order valence-electron chi connectivity index (χ0n) is 26.0. The maximum absolute atomic E-state index is 10.9. The van der Waals surface area contributed by atoms with E-state index in [2.05, 4.69) is 24.3 Å². The predicted octanol–water partition coefficient (Wildman–Crippen LogP) is 6.40. The van der Waals surface area contributed by atoms with Gasteiger partial charge in [-0.15, -0.1) is 0 Å². The van der Waals surface area contributed by atoms with Crippen LogP contribution in [0.5, 0.6) is 5.75 Å². The van der Waals surface area contributed by atoms with E-state index in [0.29, 0.717) is 33.0 Å². The molecule has 0 aliphatic heterocycles. The van der Waals surface area contributed by atoms with Crippen LogP contribution >= 0.6 is 0 Å². The molecular weight excluding hydrogens is 544 g/mol. The van der Waals surface area contributed by atoms with Crippen molar-refractivity contribution in [2.24, 2.45) is 0 Å². The van der Waals surface area contributed by atoms with Crippen molar-refractivity contribution in [3.63, 3.8) is 0 Å². The summed E-state index contributed by atoms with van der Waals surface area (Å²) >= 11 is 0. The van der Waals surface area contributed by atoms with E-state index in [4.69, 9.17) is 28.4 Å². The van der Waals surface area contributed by atoms with Gasteiger partial charge in [0.1, 0.15) is 17.5 Å². The molecule has 3 aromatic carbocycles. The van der Waals surface area contributed by atoms with Gasteiger partial charge >= 0.3 is 0 Å². The van der Waals surface area contributed by atoms with Crippen LogP contribution in [-0.2, 0) is 29.3 Å². The molecule has 0 radical (unpaired) electrons. The van der Waals surface area contributed by atoms with Gasteiger partial charge in [-0.25, -0.2) is 0 Å². The molecule has 236 valence electrons. The van der Waals surface area contributed by atoms with E-state index in [1.807, 2.05) is 60.7 Å². The number of ether oxygens (including phenoxy) is 6. The fourth-order valence-electron chi connectivity index (χ4n) is 4.99. The van der Waals surface area contributed by atoms with E-state index >= 15 is 0 Å². The maximum Gasteiger partial charge on any atom is 0.143 e. The first-order chi connectivity index (χ1) is 21.2. The molecule has 0 aliphatic rings. The predicted molar refractivity (Wildman–Crippen MR) is 170 cm³/mol. The number of rotatable bonds is 24. The van der Waals surface area contributed by atoms with Crippen LogP contribution in [0.1, 0.15) is 55.2 Å². The molecule has 0 aromatic heterocycles. The van der Waals surface area contributed by atoms with Crippen LogP contribution in [0.4, 0.5) is 0 Å². The van der Waals surface area contributed by atoms with Gasteiger partial charge in [-0.2, -0.15) is 0 Å². The molecule has 0 bridgehead atoms. The molecule has 0 spiro atoms. The zero-order chi connectivity index (χ0) is 30.4. The fourth-order valence-corrected chi connectivity index (χ4v) is 4.99. The maximum atomic E-state index is 10.9. The van der Waals surface area contributed by atoms with Crippen molar-refractivity contribution in [3.05, 3.63) is 102 Å². The molecule has 0 fully saturated rings. The summed E-state index contributed by atoms with van der Waals surface area (Å²) in [5, 5.41) is 10.9. The molecule has 43 heavy (non-hydrogen) atoms. The van der Waals surface area contributed by atoms with Crippen molar-refractivity contribution >= 4 is 0 Å². The average Bonchev–Trinajstić information content (AvgIpc) is 3.06. The van der Waals surface area contributed by atoms with Gasteiger partial charge in [0.05, 0.1) is 46.8 Å². The number of benzene rings is 3. The summed E-state index contributed by atoms with van der Waals surface area (Å²) < 4.78 is 33.9. The van der Waals surface area contributed by atoms with Gasteiger partial charge in [-0.05, 0) is 41.7 Å². The molecule has 1 N–H and O–H groups in total. The molecule has 7 nitrogen and oxygen atoms in total. The highest BCUT2D eigenvalue weighted by Crippen LogP contribution is 2.41. The normalized spacial score (nSPS) is 12.3. The molecule has 0 saturated carbocycles. The standard InChI is InChI=1S/C36H50O7/c1-38-25-26-41-28-27-40-23-13-5-3-4-6-14-24-42-29-34(37)30-43-36(31-15-9-7-10-16-31,32-17-11-8-12-18-32)33-19-21-35(39-2)22-20-33/h7-12,15-22,34,37H,3-6,13-14,23-30H2,1-2H3. The van der Waals surface area contributed by atoms with Gasteiger partial charge in [0.25, 0.3) is 0 Å². The quantitative estimate of drug-likeness (QED) is 0.0950. The summed E-state index contributed by atoms with van der Waals surface area (Å²) in [5.74, 6) is 0.775. The van der Waals surface area contributed by atoms with E-state index in [-0.39, 0.29) is 13.2 Å². The highest BCUT2D eigenvalue weighted by Gasteiger charge is 2.38. The van der Waals surface area contributed by atoms with Gasteiger partial charge in [-0.1, -0.05) is 98.5 Å². The molecule has 3 aromatic rings. The molecular formula is C36H50O7. The summed E-state index contributed by atoms with van der Waals surface area (Å²) in [6.45, 7) is 4.26. The van der Waals surface area contributed by atoms with Crippen LogP contribution in [0.3, 0.4) is 0 Å². The summed E-state index contributed by atoms with van der Waals surface area (Å²) in [4.78, 5) is 0. The second-order valence-electron chi connectivity index (χ2n) is 10.5. The highest BCUT2D eigenvalue weighted by atomic mass is 16.5. The summed E-state index contributed by atoms with van der Waals surface area (Å²) in [6, 6.07) is 28.2. The SMILES string of the molecule is COCCOCCOCCCCCCCCOCC(O)COC(c1ccccc1)(c1ccccc1)c1ccc(OC)cc1. The first kappa shape index (κ1) is 34.7. The molecule has 0 heterocycles. The van der Waals surface area contributed by atoms with Gasteiger partial charge in [0.15, 0.2) is 0 Å². The Balaban J connectivity index is 1.41.